The van der Waals surface area contributed by atoms with Gasteiger partial charge in [0, 0.05) is 18.4 Å². The topological polar surface area (TPSA) is 101 Å². The Hall–Kier alpha value is -3.47. The fourth-order valence-corrected chi connectivity index (χ4v) is 4.05. The van der Waals surface area contributed by atoms with Gasteiger partial charge in [-0.2, -0.15) is 23.3 Å². The molecule has 0 atom stereocenters. The summed E-state index contributed by atoms with van der Waals surface area (Å²) in [6, 6.07) is 6.56. The van der Waals surface area contributed by atoms with Gasteiger partial charge in [-0.05, 0) is 37.6 Å². The lowest BCUT2D eigenvalue weighted by Gasteiger charge is -2.23. The summed E-state index contributed by atoms with van der Waals surface area (Å²) in [7, 11) is 0. The average Bonchev–Trinajstić information content (AvgIpc) is 3.40. The second-order valence-electron chi connectivity index (χ2n) is 7.79. The van der Waals surface area contributed by atoms with Gasteiger partial charge in [0.1, 0.15) is 11.2 Å². The molecule has 32 heavy (non-hydrogen) atoms. The SMILES string of the molecule is O=c1cc(C2CCNCC2)n2ncc(-c3nc(Cc4cccc(C(F)(F)F)c4)no3)c2[nH]1. The fourth-order valence-electron chi connectivity index (χ4n) is 4.05. The molecule has 0 radical (unpaired) electrons. The van der Waals surface area contributed by atoms with Crippen molar-refractivity contribution in [1.82, 2.24) is 30.1 Å². The molecule has 0 aliphatic carbocycles. The minimum absolute atomic E-state index is 0.0729. The van der Waals surface area contributed by atoms with Crippen molar-refractivity contribution in [1.29, 1.82) is 0 Å². The summed E-state index contributed by atoms with van der Waals surface area (Å²) >= 11 is 0. The first-order chi connectivity index (χ1) is 15.4. The van der Waals surface area contributed by atoms with Crippen LogP contribution in [0.5, 0.6) is 0 Å². The first-order valence-electron chi connectivity index (χ1n) is 10.2. The standard InChI is InChI=1S/C21H19F3N6O2/c22-21(23,24)14-3-1-2-12(8-14)9-17-27-20(32-29-17)15-11-26-30-16(10-18(31)28-19(15)30)13-4-6-25-7-5-13/h1-3,8,10-11,13,25H,4-7,9H2,(H,28,31). The maximum atomic E-state index is 13.0. The van der Waals surface area contributed by atoms with E-state index in [0.717, 1.165) is 43.8 Å². The van der Waals surface area contributed by atoms with Crippen molar-refractivity contribution in [3.8, 4) is 11.5 Å². The number of hydrogen-bond donors (Lipinski definition) is 2. The number of H-pyrrole nitrogens is 1. The Bertz CT molecular complexity index is 1320. The molecular weight excluding hydrogens is 425 g/mol. The van der Waals surface area contributed by atoms with Crippen LogP contribution in [0.1, 0.15) is 41.4 Å². The molecule has 0 bridgehead atoms. The molecule has 0 saturated carbocycles. The fraction of sp³-hybridized carbons (Fsp3) is 0.333. The van der Waals surface area contributed by atoms with Gasteiger partial charge in [0.25, 0.3) is 11.4 Å². The molecule has 5 rings (SSSR count). The number of rotatable bonds is 4. The molecule has 1 aliphatic rings. The zero-order valence-electron chi connectivity index (χ0n) is 16.8. The van der Waals surface area contributed by atoms with Gasteiger partial charge in [0.2, 0.25) is 0 Å². The molecular formula is C21H19F3N6O2. The molecule has 0 unspecified atom stereocenters. The van der Waals surface area contributed by atoms with Crippen LogP contribution in [0.4, 0.5) is 13.2 Å². The third-order valence-electron chi connectivity index (χ3n) is 5.61. The summed E-state index contributed by atoms with van der Waals surface area (Å²) in [6.45, 7) is 1.74. The van der Waals surface area contributed by atoms with Crippen LogP contribution in [0.2, 0.25) is 0 Å². The van der Waals surface area contributed by atoms with Crippen molar-refractivity contribution in [2.24, 2.45) is 0 Å². The Balaban J connectivity index is 1.46. The van der Waals surface area contributed by atoms with Crippen molar-refractivity contribution in [3.63, 3.8) is 0 Å². The van der Waals surface area contributed by atoms with Crippen LogP contribution >= 0.6 is 0 Å². The van der Waals surface area contributed by atoms with Crippen molar-refractivity contribution in [2.75, 3.05) is 13.1 Å². The van der Waals surface area contributed by atoms with Gasteiger partial charge in [0.05, 0.1) is 17.5 Å². The largest absolute Gasteiger partial charge is 0.416 e. The van der Waals surface area contributed by atoms with E-state index in [9.17, 15) is 18.0 Å². The molecule has 1 aliphatic heterocycles. The smallest absolute Gasteiger partial charge is 0.334 e. The summed E-state index contributed by atoms with van der Waals surface area (Å²) in [5.74, 6) is 0.573. The first-order valence-corrected chi connectivity index (χ1v) is 10.2. The molecule has 1 saturated heterocycles. The molecule has 8 nitrogen and oxygen atoms in total. The molecule has 4 aromatic rings. The van der Waals surface area contributed by atoms with Crippen LogP contribution in [0.15, 0.2) is 45.8 Å². The first kappa shape index (κ1) is 20.4. The summed E-state index contributed by atoms with van der Waals surface area (Å²) in [4.78, 5) is 19.4. The van der Waals surface area contributed by atoms with E-state index in [4.69, 9.17) is 4.52 Å². The van der Waals surface area contributed by atoms with E-state index in [1.165, 1.54) is 12.3 Å². The van der Waals surface area contributed by atoms with Crippen LogP contribution in [0.3, 0.4) is 0 Å². The molecule has 1 aromatic carbocycles. The predicted molar refractivity (Wildman–Crippen MR) is 108 cm³/mol. The lowest BCUT2D eigenvalue weighted by atomic mass is 9.94. The second kappa shape index (κ2) is 7.90. The number of aromatic amines is 1. The number of nitrogens with zero attached hydrogens (tertiary/aromatic N) is 4. The minimum Gasteiger partial charge on any atom is -0.334 e. The lowest BCUT2D eigenvalue weighted by Crippen LogP contribution is -2.28. The number of fused-ring (bicyclic) bond motifs is 1. The van der Waals surface area contributed by atoms with E-state index >= 15 is 0 Å². The monoisotopic (exact) mass is 444 g/mol. The molecule has 0 spiro atoms. The maximum absolute atomic E-state index is 13.0. The van der Waals surface area contributed by atoms with Crippen molar-refractivity contribution in [3.05, 3.63) is 69.5 Å². The number of benzene rings is 1. The minimum atomic E-state index is -4.42. The Morgan fingerprint density at radius 2 is 2.00 bits per heavy atom. The second-order valence-corrected chi connectivity index (χ2v) is 7.79. The third kappa shape index (κ3) is 3.91. The number of alkyl halides is 3. The summed E-state index contributed by atoms with van der Waals surface area (Å²) < 4.78 is 45.9. The highest BCUT2D eigenvalue weighted by atomic mass is 19.4. The van der Waals surface area contributed by atoms with Crippen LogP contribution < -0.4 is 10.9 Å². The average molecular weight is 444 g/mol. The van der Waals surface area contributed by atoms with Crippen LogP contribution in [-0.4, -0.2) is 37.8 Å². The highest BCUT2D eigenvalue weighted by Gasteiger charge is 2.30. The lowest BCUT2D eigenvalue weighted by molar-refractivity contribution is -0.137. The number of piperidine rings is 1. The predicted octanol–water partition coefficient (Wildman–Crippen LogP) is 3.15. The van der Waals surface area contributed by atoms with Crippen LogP contribution in [0.25, 0.3) is 17.1 Å². The van der Waals surface area contributed by atoms with Gasteiger partial charge in [-0.3, -0.25) is 4.79 Å². The van der Waals surface area contributed by atoms with Crippen molar-refractivity contribution < 1.29 is 17.7 Å². The van der Waals surface area contributed by atoms with Crippen LogP contribution in [-0.2, 0) is 12.6 Å². The van der Waals surface area contributed by atoms with E-state index in [-0.39, 0.29) is 29.6 Å². The quantitative estimate of drug-likeness (QED) is 0.502. The third-order valence-corrected chi connectivity index (χ3v) is 5.61. The summed E-state index contributed by atoms with van der Waals surface area (Å²) in [5.41, 5.74) is 1.15. The van der Waals surface area contributed by atoms with Gasteiger partial charge >= 0.3 is 6.18 Å². The Morgan fingerprint density at radius 3 is 2.78 bits per heavy atom. The van der Waals surface area contributed by atoms with Gasteiger partial charge in [-0.15, -0.1) is 0 Å². The maximum Gasteiger partial charge on any atom is 0.416 e. The van der Waals surface area contributed by atoms with Crippen molar-refractivity contribution >= 4 is 5.65 Å². The van der Waals surface area contributed by atoms with Gasteiger partial charge in [-0.25, -0.2) is 4.52 Å². The van der Waals surface area contributed by atoms with E-state index in [1.807, 2.05) is 0 Å². The highest BCUT2D eigenvalue weighted by molar-refractivity contribution is 5.71. The summed E-state index contributed by atoms with van der Waals surface area (Å²) in [5, 5.41) is 11.6. The summed E-state index contributed by atoms with van der Waals surface area (Å²) in [6.07, 6.45) is -1.01. The molecule has 11 heteroatoms. The van der Waals surface area contributed by atoms with E-state index in [2.05, 4.69) is 25.5 Å². The number of halogens is 3. The van der Waals surface area contributed by atoms with Gasteiger partial charge in [-0.1, -0.05) is 23.4 Å². The molecule has 2 N–H and O–H groups in total. The Labute approximate surface area is 179 Å². The molecule has 1 fully saturated rings. The van der Waals surface area contributed by atoms with Crippen molar-refractivity contribution in [2.45, 2.75) is 31.4 Å². The zero-order chi connectivity index (χ0) is 22.3. The highest BCUT2D eigenvalue weighted by Crippen LogP contribution is 2.30. The van der Waals surface area contributed by atoms with Crippen LogP contribution in [0, 0.1) is 0 Å². The van der Waals surface area contributed by atoms with E-state index in [0.29, 0.717) is 16.8 Å². The zero-order valence-corrected chi connectivity index (χ0v) is 16.8. The molecule has 0 amide bonds. The molecule has 4 heterocycles. The van der Waals surface area contributed by atoms with E-state index < -0.39 is 11.7 Å². The van der Waals surface area contributed by atoms with E-state index in [1.54, 1.807) is 16.6 Å². The number of nitrogens with one attached hydrogen (secondary N) is 2. The van der Waals surface area contributed by atoms with Gasteiger partial charge in [0.15, 0.2) is 5.82 Å². The number of aromatic nitrogens is 5. The molecule has 166 valence electrons. The Kier molecular flexibility index (Phi) is 5.04. The number of hydrogen-bond acceptors (Lipinski definition) is 6. The van der Waals surface area contributed by atoms with Gasteiger partial charge < -0.3 is 14.8 Å². The Morgan fingerprint density at radius 1 is 1.19 bits per heavy atom. The normalized spacial score (nSPS) is 15.5. The molecule has 3 aromatic heterocycles.